The van der Waals surface area contributed by atoms with Crippen LogP contribution in [-0.2, 0) is 0 Å². The van der Waals surface area contributed by atoms with Crippen LogP contribution in [0.25, 0.3) is 0 Å². The third-order valence-electron chi connectivity index (χ3n) is 2.22. The molecule has 3 nitrogen and oxygen atoms in total. The molecule has 1 fully saturated rings. The van der Waals surface area contributed by atoms with E-state index in [2.05, 4.69) is 5.16 Å². The van der Waals surface area contributed by atoms with Crippen molar-refractivity contribution in [1.82, 2.24) is 5.16 Å². The van der Waals surface area contributed by atoms with Gasteiger partial charge in [-0.2, -0.15) is 0 Å². The molecule has 1 heterocycles. The molecule has 3 heteroatoms. The Morgan fingerprint density at radius 3 is 2.55 bits per heavy atom. The average Bonchev–Trinajstić information content (AvgIpc) is 2.54. The van der Waals surface area contributed by atoms with E-state index in [1.54, 1.807) is 0 Å². The summed E-state index contributed by atoms with van der Waals surface area (Å²) in [5, 5.41) is 13.0. The summed E-state index contributed by atoms with van der Waals surface area (Å²) in [6.45, 7) is 3.80. The zero-order chi connectivity index (χ0) is 8.01. The Labute approximate surface area is 65.0 Å². The first-order chi connectivity index (χ1) is 5.20. The molecule has 2 unspecified atom stereocenters. The predicted octanol–water partition coefficient (Wildman–Crippen LogP) is 1.14. The SMILES string of the molecule is Cc1noc(C)c1C1CC1O. The summed E-state index contributed by atoms with van der Waals surface area (Å²) < 4.78 is 4.98. The number of nitrogens with zero attached hydrogens (tertiary/aromatic N) is 1. The maximum absolute atomic E-state index is 9.18. The van der Waals surface area contributed by atoms with Gasteiger partial charge in [-0.15, -0.1) is 0 Å². The molecule has 1 aromatic heterocycles. The molecule has 0 amide bonds. The van der Waals surface area contributed by atoms with Gasteiger partial charge < -0.3 is 9.63 Å². The molecule has 1 aliphatic carbocycles. The summed E-state index contributed by atoms with van der Waals surface area (Å²) in [4.78, 5) is 0. The van der Waals surface area contributed by atoms with E-state index in [9.17, 15) is 5.11 Å². The van der Waals surface area contributed by atoms with Gasteiger partial charge in [-0.3, -0.25) is 0 Å². The van der Waals surface area contributed by atoms with E-state index in [0.717, 1.165) is 23.4 Å². The number of rotatable bonds is 1. The Hall–Kier alpha value is -0.830. The van der Waals surface area contributed by atoms with Crippen molar-refractivity contribution in [3.05, 3.63) is 17.0 Å². The average molecular weight is 153 g/mol. The maximum Gasteiger partial charge on any atom is 0.137 e. The fourth-order valence-electron chi connectivity index (χ4n) is 1.51. The first kappa shape index (κ1) is 6.85. The highest BCUT2D eigenvalue weighted by Gasteiger charge is 2.40. The van der Waals surface area contributed by atoms with Crippen molar-refractivity contribution in [3.8, 4) is 0 Å². The van der Waals surface area contributed by atoms with E-state index in [1.807, 2.05) is 13.8 Å². The van der Waals surface area contributed by atoms with Crippen LogP contribution in [0.15, 0.2) is 4.52 Å². The summed E-state index contributed by atoms with van der Waals surface area (Å²) in [6, 6.07) is 0. The van der Waals surface area contributed by atoms with Gasteiger partial charge in [-0.1, -0.05) is 5.16 Å². The van der Waals surface area contributed by atoms with Crippen molar-refractivity contribution in [3.63, 3.8) is 0 Å². The highest BCUT2D eigenvalue weighted by molar-refractivity contribution is 5.31. The van der Waals surface area contributed by atoms with Gasteiger partial charge in [0.2, 0.25) is 0 Å². The maximum atomic E-state index is 9.18. The summed E-state index contributed by atoms with van der Waals surface area (Å²) in [5.74, 6) is 1.14. The normalized spacial score (nSPS) is 29.0. The van der Waals surface area contributed by atoms with E-state index < -0.39 is 0 Å². The largest absolute Gasteiger partial charge is 0.392 e. The van der Waals surface area contributed by atoms with Crippen LogP contribution in [0.4, 0.5) is 0 Å². The van der Waals surface area contributed by atoms with E-state index in [1.165, 1.54) is 0 Å². The van der Waals surface area contributed by atoms with E-state index in [0.29, 0.717) is 5.92 Å². The second-order valence-electron chi connectivity index (χ2n) is 3.15. The monoisotopic (exact) mass is 153 g/mol. The van der Waals surface area contributed by atoms with Crippen molar-refractivity contribution >= 4 is 0 Å². The minimum absolute atomic E-state index is 0.160. The van der Waals surface area contributed by atoms with Gasteiger partial charge in [0.15, 0.2) is 0 Å². The lowest BCUT2D eigenvalue weighted by molar-refractivity contribution is 0.271. The molecule has 2 atom stereocenters. The summed E-state index contributed by atoms with van der Waals surface area (Å²) in [6.07, 6.45) is 0.704. The van der Waals surface area contributed by atoms with Crippen molar-refractivity contribution < 1.29 is 9.63 Å². The molecule has 1 aromatic rings. The Morgan fingerprint density at radius 2 is 2.18 bits per heavy atom. The first-order valence-electron chi connectivity index (χ1n) is 3.81. The number of hydrogen-bond acceptors (Lipinski definition) is 3. The van der Waals surface area contributed by atoms with Crippen LogP contribution >= 0.6 is 0 Å². The molecule has 0 saturated heterocycles. The minimum Gasteiger partial charge on any atom is -0.392 e. The smallest absolute Gasteiger partial charge is 0.137 e. The molecular formula is C8H11NO2. The molecule has 1 saturated carbocycles. The highest BCUT2D eigenvalue weighted by atomic mass is 16.5. The number of aryl methyl sites for hydroxylation is 2. The van der Waals surface area contributed by atoms with Gasteiger partial charge in [0, 0.05) is 11.5 Å². The molecule has 2 rings (SSSR count). The standard InChI is InChI=1S/C8H11NO2/c1-4-8(5(2)11-9-4)6-3-7(6)10/h6-7,10H,3H2,1-2H3. The topological polar surface area (TPSA) is 46.3 Å². The van der Waals surface area contributed by atoms with Crippen LogP contribution in [0, 0.1) is 13.8 Å². The molecule has 0 spiro atoms. The number of hydrogen-bond donors (Lipinski definition) is 1. The molecule has 0 aromatic carbocycles. The summed E-state index contributed by atoms with van der Waals surface area (Å²) >= 11 is 0. The number of aliphatic hydroxyl groups excluding tert-OH is 1. The van der Waals surface area contributed by atoms with Crippen LogP contribution in [0.2, 0.25) is 0 Å². The van der Waals surface area contributed by atoms with Crippen LogP contribution in [0.1, 0.15) is 29.4 Å². The third-order valence-corrected chi connectivity index (χ3v) is 2.22. The van der Waals surface area contributed by atoms with Gasteiger partial charge in [-0.25, -0.2) is 0 Å². The molecule has 1 aliphatic rings. The van der Waals surface area contributed by atoms with Crippen molar-refractivity contribution in [2.45, 2.75) is 32.3 Å². The van der Waals surface area contributed by atoms with Crippen LogP contribution < -0.4 is 0 Å². The Balaban J connectivity index is 2.36. The molecule has 11 heavy (non-hydrogen) atoms. The van der Waals surface area contributed by atoms with Crippen LogP contribution in [0.5, 0.6) is 0 Å². The van der Waals surface area contributed by atoms with Crippen LogP contribution in [-0.4, -0.2) is 16.4 Å². The Kier molecular flexibility index (Phi) is 1.29. The van der Waals surface area contributed by atoms with E-state index in [-0.39, 0.29) is 6.10 Å². The lowest BCUT2D eigenvalue weighted by Gasteiger charge is -1.92. The third kappa shape index (κ3) is 0.959. The molecule has 1 N–H and O–H groups in total. The van der Waals surface area contributed by atoms with E-state index >= 15 is 0 Å². The van der Waals surface area contributed by atoms with Gasteiger partial charge >= 0.3 is 0 Å². The quantitative estimate of drug-likeness (QED) is 0.658. The minimum atomic E-state index is -0.160. The highest BCUT2D eigenvalue weighted by Crippen LogP contribution is 2.43. The number of aliphatic hydroxyl groups is 1. The first-order valence-corrected chi connectivity index (χ1v) is 3.81. The van der Waals surface area contributed by atoms with Crippen molar-refractivity contribution in [2.75, 3.05) is 0 Å². The second kappa shape index (κ2) is 2.08. The lowest BCUT2D eigenvalue weighted by Crippen LogP contribution is -1.88. The van der Waals surface area contributed by atoms with E-state index in [4.69, 9.17) is 4.52 Å². The van der Waals surface area contributed by atoms with Crippen molar-refractivity contribution in [1.29, 1.82) is 0 Å². The molecule has 0 bridgehead atoms. The zero-order valence-electron chi connectivity index (χ0n) is 6.66. The van der Waals surface area contributed by atoms with Gasteiger partial charge in [0.25, 0.3) is 0 Å². The van der Waals surface area contributed by atoms with Gasteiger partial charge in [0.05, 0.1) is 11.8 Å². The van der Waals surface area contributed by atoms with Crippen LogP contribution in [0.3, 0.4) is 0 Å². The second-order valence-corrected chi connectivity index (χ2v) is 3.15. The Morgan fingerprint density at radius 1 is 1.55 bits per heavy atom. The van der Waals surface area contributed by atoms with Gasteiger partial charge in [-0.05, 0) is 20.3 Å². The molecular weight excluding hydrogens is 142 g/mol. The summed E-state index contributed by atoms with van der Waals surface area (Å²) in [7, 11) is 0. The van der Waals surface area contributed by atoms with Gasteiger partial charge in [0.1, 0.15) is 5.76 Å². The zero-order valence-corrected chi connectivity index (χ0v) is 6.66. The molecule has 0 aliphatic heterocycles. The fourth-order valence-corrected chi connectivity index (χ4v) is 1.51. The summed E-state index contributed by atoms with van der Waals surface area (Å²) in [5.41, 5.74) is 2.03. The fraction of sp³-hybridized carbons (Fsp3) is 0.625. The molecule has 60 valence electrons. The predicted molar refractivity (Wildman–Crippen MR) is 39.3 cm³/mol. The van der Waals surface area contributed by atoms with Crippen molar-refractivity contribution in [2.24, 2.45) is 0 Å². The molecule has 0 radical (unpaired) electrons. The Bertz CT molecular complexity index is 260. The lowest BCUT2D eigenvalue weighted by atomic mass is 10.1. The number of aromatic nitrogens is 1.